The maximum atomic E-state index is 12.4. The molecule has 24 heavy (non-hydrogen) atoms. The van der Waals surface area contributed by atoms with E-state index in [4.69, 9.17) is 0 Å². The number of thioether (sulfide) groups is 1. The molecule has 134 valence electrons. The summed E-state index contributed by atoms with van der Waals surface area (Å²) >= 11 is 1.73. The predicted octanol–water partition coefficient (Wildman–Crippen LogP) is 1.54. The van der Waals surface area contributed by atoms with Gasteiger partial charge < -0.3 is 15.3 Å². The molecule has 0 radical (unpaired) electrons. The van der Waals surface area contributed by atoms with Gasteiger partial charge in [-0.2, -0.15) is 11.8 Å². The van der Waals surface area contributed by atoms with Crippen LogP contribution in [0.25, 0.3) is 0 Å². The molecule has 1 atom stereocenters. The second-order valence-corrected chi connectivity index (χ2v) is 7.37. The lowest BCUT2D eigenvalue weighted by atomic mass is 9.95. The van der Waals surface area contributed by atoms with Crippen LogP contribution in [0.4, 0.5) is 5.95 Å². The quantitative estimate of drug-likeness (QED) is 0.775. The zero-order chi connectivity index (χ0) is 17.5. The van der Waals surface area contributed by atoms with Gasteiger partial charge in [0.1, 0.15) is 0 Å². The summed E-state index contributed by atoms with van der Waals surface area (Å²) < 4.78 is 0. The molecule has 0 aliphatic carbocycles. The van der Waals surface area contributed by atoms with E-state index in [1.165, 1.54) is 0 Å². The number of rotatable bonds is 7. The highest BCUT2D eigenvalue weighted by atomic mass is 32.2. The van der Waals surface area contributed by atoms with Gasteiger partial charge in [-0.05, 0) is 51.2 Å². The van der Waals surface area contributed by atoms with Gasteiger partial charge >= 0.3 is 0 Å². The number of aliphatic hydroxyl groups is 1. The first-order valence-electron chi connectivity index (χ1n) is 8.51. The van der Waals surface area contributed by atoms with Crippen LogP contribution in [0.15, 0.2) is 6.07 Å². The fraction of sp³-hybridized carbons (Fsp3) is 0.706. The van der Waals surface area contributed by atoms with E-state index in [9.17, 15) is 9.90 Å². The SMILES string of the molecule is CSCC[C@@H](CO)NC(=O)C1CCN(c2nc(C)cc(C)n2)CC1. The van der Waals surface area contributed by atoms with Crippen LogP contribution >= 0.6 is 11.8 Å². The highest BCUT2D eigenvalue weighted by Gasteiger charge is 2.27. The molecule has 1 saturated heterocycles. The number of aliphatic hydroxyl groups excluding tert-OH is 1. The molecule has 2 rings (SSSR count). The normalized spacial score (nSPS) is 16.9. The highest BCUT2D eigenvalue weighted by Crippen LogP contribution is 2.21. The summed E-state index contributed by atoms with van der Waals surface area (Å²) in [4.78, 5) is 23.6. The van der Waals surface area contributed by atoms with Crippen molar-refractivity contribution in [2.24, 2.45) is 5.92 Å². The largest absolute Gasteiger partial charge is 0.394 e. The minimum atomic E-state index is -0.134. The fourth-order valence-corrected chi connectivity index (χ4v) is 3.50. The Balaban J connectivity index is 1.86. The maximum absolute atomic E-state index is 12.4. The van der Waals surface area contributed by atoms with Crippen molar-refractivity contribution < 1.29 is 9.90 Å². The molecule has 0 bridgehead atoms. The number of hydrogen-bond donors (Lipinski definition) is 2. The third-order valence-electron chi connectivity index (χ3n) is 4.36. The molecule has 1 amide bonds. The molecule has 0 aromatic carbocycles. The predicted molar refractivity (Wildman–Crippen MR) is 98.5 cm³/mol. The third-order valence-corrected chi connectivity index (χ3v) is 5.00. The molecule has 0 saturated carbocycles. The summed E-state index contributed by atoms with van der Waals surface area (Å²) in [6, 6.07) is 1.83. The Morgan fingerprint density at radius 1 is 1.38 bits per heavy atom. The number of carbonyl (C=O) groups is 1. The molecule has 0 unspecified atom stereocenters. The fourth-order valence-electron chi connectivity index (χ4n) is 2.98. The number of carbonyl (C=O) groups excluding carboxylic acids is 1. The smallest absolute Gasteiger partial charge is 0.225 e. The zero-order valence-corrected chi connectivity index (χ0v) is 15.6. The summed E-state index contributed by atoms with van der Waals surface area (Å²) in [5.74, 6) is 1.78. The number of piperidine rings is 1. The van der Waals surface area contributed by atoms with Crippen molar-refractivity contribution in [3.63, 3.8) is 0 Å². The molecule has 1 fully saturated rings. The third kappa shape index (κ3) is 5.34. The second-order valence-electron chi connectivity index (χ2n) is 6.38. The van der Waals surface area contributed by atoms with Crippen LogP contribution < -0.4 is 10.2 Å². The van der Waals surface area contributed by atoms with Crippen molar-refractivity contribution in [1.29, 1.82) is 0 Å². The van der Waals surface area contributed by atoms with Crippen molar-refractivity contribution in [3.05, 3.63) is 17.5 Å². The lowest BCUT2D eigenvalue weighted by Crippen LogP contribution is -2.45. The van der Waals surface area contributed by atoms with Crippen LogP contribution in [0, 0.1) is 19.8 Å². The van der Waals surface area contributed by atoms with E-state index in [2.05, 4.69) is 20.2 Å². The van der Waals surface area contributed by atoms with Gasteiger partial charge in [0.15, 0.2) is 0 Å². The molecule has 2 N–H and O–H groups in total. The van der Waals surface area contributed by atoms with Crippen LogP contribution in [-0.4, -0.2) is 58.7 Å². The van der Waals surface area contributed by atoms with Gasteiger partial charge in [-0.3, -0.25) is 4.79 Å². The van der Waals surface area contributed by atoms with Crippen LogP contribution in [0.1, 0.15) is 30.7 Å². The highest BCUT2D eigenvalue weighted by molar-refractivity contribution is 7.98. The maximum Gasteiger partial charge on any atom is 0.225 e. The number of nitrogens with one attached hydrogen (secondary N) is 1. The monoisotopic (exact) mass is 352 g/mol. The molecule has 1 aliphatic heterocycles. The van der Waals surface area contributed by atoms with E-state index < -0.39 is 0 Å². The van der Waals surface area contributed by atoms with E-state index >= 15 is 0 Å². The first kappa shape index (κ1) is 19.0. The lowest BCUT2D eigenvalue weighted by Gasteiger charge is -2.32. The summed E-state index contributed by atoms with van der Waals surface area (Å²) in [6.45, 7) is 5.52. The Morgan fingerprint density at radius 2 is 2.00 bits per heavy atom. The minimum Gasteiger partial charge on any atom is -0.394 e. The molecule has 1 aromatic heterocycles. The molecule has 0 spiro atoms. The van der Waals surface area contributed by atoms with E-state index in [0.29, 0.717) is 0 Å². The van der Waals surface area contributed by atoms with Crippen LogP contribution in [-0.2, 0) is 4.79 Å². The number of aromatic nitrogens is 2. The Labute approximate surface area is 148 Å². The first-order chi connectivity index (χ1) is 11.5. The molecular formula is C17H28N4O2S. The van der Waals surface area contributed by atoms with Crippen LogP contribution in [0.5, 0.6) is 0 Å². The number of anilines is 1. The Kier molecular flexibility index (Phi) is 7.30. The van der Waals surface area contributed by atoms with E-state index in [1.807, 2.05) is 26.2 Å². The van der Waals surface area contributed by atoms with Gasteiger partial charge in [-0.1, -0.05) is 0 Å². The van der Waals surface area contributed by atoms with E-state index in [1.54, 1.807) is 11.8 Å². The van der Waals surface area contributed by atoms with Crippen molar-refractivity contribution in [2.75, 3.05) is 36.6 Å². The Hall–Kier alpha value is -1.34. The molecule has 6 nitrogen and oxygen atoms in total. The van der Waals surface area contributed by atoms with Crippen molar-refractivity contribution in [3.8, 4) is 0 Å². The topological polar surface area (TPSA) is 78.4 Å². The minimum absolute atomic E-state index is 0.00154. The summed E-state index contributed by atoms with van der Waals surface area (Å²) in [7, 11) is 0. The van der Waals surface area contributed by atoms with Gasteiger partial charge in [0.2, 0.25) is 11.9 Å². The molecule has 2 heterocycles. The van der Waals surface area contributed by atoms with Crippen molar-refractivity contribution in [1.82, 2.24) is 15.3 Å². The number of hydrogen-bond acceptors (Lipinski definition) is 6. The summed E-state index contributed by atoms with van der Waals surface area (Å²) in [5, 5.41) is 12.4. The average molecular weight is 353 g/mol. The Bertz CT molecular complexity index is 527. The van der Waals surface area contributed by atoms with Gasteiger partial charge in [0.05, 0.1) is 12.6 Å². The molecule has 7 heteroatoms. The number of amides is 1. The zero-order valence-electron chi connectivity index (χ0n) is 14.8. The van der Waals surface area contributed by atoms with Gasteiger partial charge in [-0.15, -0.1) is 0 Å². The van der Waals surface area contributed by atoms with Crippen molar-refractivity contribution in [2.45, 2.75) is 39.2 Å². The number of aryl methyl sites for hydroxylation is 2. The molecular weight excluding hydrogens is 324 g/mol. The molecule has 1 aromatic rings. The van der Waals surface area contributed by atoms with Crippen LogP contribution in [0.3, 0.4) is 0 Å². The standard InChI is InChI=1S/C17H28N4O2S/c1-12-10-13(2)19-17(18-12)21-7-4-14(5-8-21)16(23)20-15(11-22)6-9-24-3/h10,14-15,22H,4-9,11H2,1-3H3,(H,20,23)/t15-/m0/s1. The van der Waals surface area contributed by atoms with Gasteiger partial charge in [0, 0.05) is 30.4 Å². The lowest BCUT2D eigenvalue weighted by molar-refractivity contribution is -0.126. The average Bonchev–Trinajstić information content (AvgIpc) is 2.57. The molecule has 1 aliphatic rings. The first-order valence-corrected chi connectivity index (χ1v) is 9.90. The summed E-state index contributed by atoms with van der Waals surface area (Å²) in [5.41, 5.74) is 1.94. The van der Waals surface area contributed by atoms with Gasteiger partial charge in [0.25, 0.3) is 0 Å². The van der Waals surface area contributed by atoms with Gasteiger partial charge in [-0.25, -0.2) is 9.97 Å². The Morgan fingerprint density at radius 3 is 2.54 bits per heavy atom. The van der Waals surface area contributed by atoms with E-state index in [0.717, 1.165) is 55.4 Å². The van der Waals surface area contributed by atoms with E-state index in [-0.39, 0.29) is 24.5 Å². The second kappa shape index (κ2) is 9.22. The van der Waals surface area contributed by atoms with Crippen LogP contribution in [0.2, 0.25) is 0 Å². The van der Waals surface area contributed by atoms with Crippen molar-refractivity contribution >= 4 is 23.6 Å². The number of nitrogens with zero attached hydrogens (tertiary/aromatic N) is 3. The summed E-state index contributed by atoms with van der Waals surface area (Å²) in [6.07, 6.45) is 4.42.